The van der Waals surface area contributed by atoms with Crippen LogP contribution in [0.15, 0.2) is 48.7 Å². The number of aromatic nitrogens is 1. The maximum Gasteiger partial charge on any atom is 0.125 e. The Morgan fingerprint density at radius 1 is 1.22 bits per heavy atom. The predicted octanol–water partition coefficient (Wildman–Crippen LogP) is 3.59. The zero-order chi connectivity index (χ0) is 16.1. The fourth-order valence-corrected chi connectivity index (χ4v) is 3.50. The van der Waals surface area contributed by atoms with E-state index in [-0.39, 0.29) is 0 Å². The van der Waals surface area contributed by atoms with Gasteiger partial charge in [-0.2, -0.15) is 0 Å². The molecule has 0 bridgehead atoms. The molecule has 2 aromatic rings. The van der Waals surface area contributed by atoms with E-state index in [2.05, 4.69) is 46.5 Å². The van der Waals surface area contributed by atoms with E-state index in [1.807, 2.05) is 24.4 Å². The molecule has 1 N–H and O–H groups in total. The van der Waals surface area contributed by atoms with Crippen molar-refractivity contribution in [3.05, 3.63) is 54.2 Å². The summed E-state index contributed by atoms with van der Waals surface area (Å²) in [7, 11) is 3.93. The van der Waals surface area contributed by atoms with Gasteiger partial charge in [-0.1, -0.05) is 18.2 Å². The van der Waals surface area contributed by atoms with Gasteiger partial charge in [0.15, 0.2) is 0 Å². The van der Waals surface area contributed by atoms with Crippen molar-refractivity contribution in [2.75, 3.05) is 32.6 Å². The summed E-state index contributed by atoms with van der Waals surface area (Å²) >= 11 is 0. The highest BCUT2D eigenvalue weighted by Crippen LogP contribution is 2.35. The number of likely N-dealkylation sites (tertiary alicyclic amines) is 1. The first-order valence-corrected chi connectivity index (χ1v) is 8.27. The second kappa shape index (κ2) is 7.47. The Bertz CT molecular complexity index is 600. The molecule has 0 spiro atoms. The first kappa shape index (κ1) is 15.8. The summed E-state index contributed by atoms with van der Waals surface area (Å²) in [6.45, 7) is 2.09. The molecule has 1 aromatic heterocycles. The molecule has 0 saturated carbocycles. The number of piperidine rings is 1. The monoisotopic (exact) mass is 311 g/mol. The normalized spacial score (nSPS) is 21.8. The average molecular weight is 311 g/mol. The molecule has 2 atom stereocenters. The van der Waals surface area contributed by atoms with Crippen molar-refractivity contribution >= 4 is 5.82 Å². The molecule has 0 amide bonds. The molecule has 4 nitrogen and oxygen atoms in total. The fourth-order valence-electron chi connectivity index (χ4n) is 3.50. The van der Waals surface area contributed by atoms with Crippen LogP contribution >= 0.6 is 0 Å². The van der Waals surface area contributed by atoms with E-state index < -0.39 is 0 Å². The number of ether oxygens (including phenoxy) is 1. The largest absolute Gasteiger partial charge is 0.497 e. The van der Waals surface area contributed by atoms with Gasteiger partial charge in [-0.15, -0.1) is 0 Å². The van der Waals surface area contributed by atoms with Crippen LogP contribution in [0, 0.1) is 5.92 Å². The standard InChI is InChI=1S/C19H25N3O/c1-22-13-5-6-16(14-21-18-7-3-4-12-20-18)19(22)15-8-10-17(23-2)11-9-15/h3-4,7-12,16,19H,5-6,13-14H2,1-2H3,(H,20,21). The van der Waals surface area contributed by atoms with Crippen LogP contribution in [-0.4, -0.2) is 37.1 Å². The second-order valence-electron chi connectivity index (χ2n) is 6.20. The van der Waals surface area contributed by atoms with Crippen molar-refractivity contribution in [1.29, 1.82) is 0 Å². The van der Waals surface area contributed by atoms with Gasteiger partial charge >= 0.3 is 0 Å². The lowest BCUT2D eigenvalue weighted by Crippen LogP contribution is -2.39. The Kier molecular flexibility index (Phi) is 5.13. The number of hydrogen-bond acceptors (Lipinski definition) is 4. The number of anilines is 1. The van der Waals surface area contributed by atoms with E-state index in [9.17, 15) is 0 Å². The van der Waals surface area contributed by atoms with Gasteiger partial charge in [-0.3, -0.25) is 4.90 Å². The minimum Gasteiger partial charge on any atom is -0.497 e. The van der Waals surface area contributed by atoms with Gasteiger partial charge in [0.25, 0.3) is 0 Å². The maximum absolute atomic E-state index is 5.28. The molecular weight excluding hydrogens is 286 g/mol. The van der Waals surface area contributed by atoms with Gasteiger partial charge in [0.2, 0.25) is 0 Å². The Hall–Kier alpha value is -2.07. The van der Waals surface area contributed by atoms with Crippen molar-refractivity contribution in [3.63, 3.8) is 0 Å². The van der Waals surface area contributed by atoms with Crippen LogP contribution in [0.4, 0.5) is 5.82 Å². The molecular formula is C19H25N3O. The highest BCUT2D eigenvalue weighted by atomic mass is 16.5. The summed E-state index contributed by atoms with van der Waals surface area (Å²) in [4.78, 5) is 6.83. The highest BCUT2D eigenvalue weighted by molar-refractivity contribution is 5.34. The number of methoxy groups -OCH3 is 1. The zero-order valence-electron chi connectivity index (χ0n) is 13.9. The van der Waals surface area contributed by atoms with Gasteiger partial charge in [0.1, 0.15) is 11.6 Å². The van der Waals surface area contributed by atoms with E-state index in [1.165, 1.54) is 18.4 Å². The number of nitrogens with zero attached hydrogens (tertiary/aromatic N) is 2. The third kappa shape index (κ3) is 3.82. The van der Waals surface area contributed by atoms with Gasteiger partial charge in [-0.25, -0.2) is 4.98 Å². The summed E-state index contributed by atoms with van der Waals surface area (Å²) < 4.78 is 5.28. The minimum absolute atomic E-state index is 0.436. The molecule has 2 heterocycles. The van der Waals surface area contributed by atoms with Crippen molar-refractivity contribution < 1.29 is 4.74 Å². The minimum atomic E-state index is 0.436. The topological polar surface area (TPSA) is 37.4 Å². The van der Waals surface area contributed by atoms with Crippen molar-refractivity contribution in [1.82, 2.24) is 9.88 Å². The molecule has 1 fully saturated rings. The first-order valence-electron chi connectivity index (χ1n) is 8.27. The number of benzene rings is 1. The second-order valence-corrected chi connectivity index (χ2v) is 6.20. The van der Waals surface area contributed by atoms with Crippen molar-refractivity contribution in [2.45, 2.75) is 18.9 Å². The maximum atomic E-state index is 5.28. The van der Waals surface area contributed by atoms with Gasteiger partial charge in [0, 0.05) is 18.8 Å². The van der Waals surface area contributed by atoms with Gasteiger partial charge in [0.05, 0.1) is 7.11 Å². The molecule has 3 rings (SSSR count). The Balaban J connectivity index is 1.73. The molecule has 122 valence electrons. The number of hydrogen-bond donors (Lipinski definition) is 1. The summed E-state index contributed by atoms with van der Waals surface area (Å²) in [6, 6.07) is 14.9. The van der Waals surface area contributed by atoms with Crippen molar-refractivity contribution in [2.24, 2.45) is 5.92 Å². The molecule has 1 saturated heterocycles. The fraction of sp³-hybridized carbons (Fsp3) is 0.421. The van der Waals surface area contributed by atoms with Crippen LogP contribution in [-0.2, 0) is 0 Å². The van der Waals surface area contributed by atoms with E-state index in [1.54, 1.807) is 7.11 Å². The zero-order valence-corrected chi connectivity index (χ0v) is 13.9. The molecule has 0 radical (unpaired) electrons. The van der Waals surface area contributed by atoms with Crippen LogP contribution < -0.4 is 10.1 Å². The first-order chi connectivity index (χ1) is 11.3. The molecule has 23 heavy (non-hydrogen) atoms. The quantitative estimate of drug-likeness (QED) is 0.916. The summed E-state index contributed by atoms with van der Waals surface area (Å²) in [6.07, 6.45) is 4.31. The summed E-state index contributed by atoms with van der Waals surface area (Å²) in [5, 5.41) is 3.49. The van der Waals surface area contributed by atoms with Crippen molar-refractivity contribution in [3.8, 4) is 5.75 Å². The van der Waals surface area contributed by atoms with Gasteiger partial charge in [-0.05, 0) is 62.2 Å². The smallest absolute Gasteiger partial charge is 0.125 e. The number of nitrogens with one attached hydrogen (secondary N) is 1. The van der Waals surface area contributed by atoms with E-state index in [0.717, 1.165) is 24.7 Å². The van der Waals surface area contributed by atoms with E-state index in [4.69, 9.17) is 4.74 Å². The highest BCUT2D eigenvalue weighted by Gasteiger charge is 2.30. The van der Waals surface area contributed by atoms with Crippen LogP contribution in [0.25, 0.3) is 0 Å². The molecule has 4 heteroatoms. The van der Waals surface area contributed by atoms with E-state index >= 15 is 0 Å². The Labute approximate surface area is 138 Å². The lowest BCUT2D eigenvalue weighted by molar-refractivity contribution is 0.128. The SMILES string of the molecule is COc1ccc(C2C(CNc3ccccn3)CCCN2C)cc1. The summed E-state index contributed by atoms with van der Waals surface area (Å²) in [5.74, 6) is 2.44. The number of pyridine rings is 1. The third-order valence-corrected chi connectivity index (χ3v) is 4.67. The predicted molar refractivity (Wildman–Crippen MR) is 93.8 cm³/mol. The van der Waals surface area contributed by atoms with E-state index in [0.29, 0.717) is 12.0 Å². The summed E-state index contributed by atoms with van der Waals surface area (Å²) in [5.41, 5.74) is 1.36. The molecule has 2 unspecified atom stereocenters. The third-order valence-electron chi connectivity index (χ3n) is 4.67. The van der Waals surface area contributed by atoms with Crippen LogP contribution in [0.2, 0.25) is 0 Å². The molecule has 1 aliphatic heterocycles. The lowest BCUT2D eigenvalue weighted by atomic mass is 9.85. The van der Waals surface area contributed by atoms with Gasteiger partial charge < -0.3 is 10.1 Å². The number of rotatable bonds is 5. The van der Waals surface area contributed by atoms with Crippen LogP contribution in [0.3, 0.4) is 0 Å². The molecule has 1 aromatic carbocycles. The Morgan fingerprint density at radius 2 is 2.04 bits per heavy atom. The van der Waals surface area contributed by atoms with Crippen LogP contribution in [0.5, 0.6) is 5.75 Å². The molecule has 0 aliphatic carbocycles. The lowest BCUT2D eigenvalue weighted by Gasteiger charge is -2.39. The molecule has 1 aliphatic rings. The average Bonchev–Trinajstić information content (AvgIpc) is 2.61. The Morgan fingerprint density at radius 3 is 2.74 bits per heavy atom. The van der Waals surface area contributed by atoms with Crippen LogP contribution in [0.1, 0.15) is 24.4 Å².